The van der Waals surface area contributed by atoms with Crippen LogP contribution in [0.25, 0.3) is 0 Å². The Balaban J connectivity index is 4.64. The molecule has 1 aromatic rings. The van der Waals surface area contributed by atoms with E-state index in [1.807, 2.05) is 0 Å². The molecule has 0 saturated carbocycles. The van der Waals surface area contributed by atoms with Gasteiger partial charge in [0.15, 0.2) is 26.2 Å². The summed E-state index contributed by atoms with van der Waals surface area (Å²) >= 11 is -4.76. The molecule has 0 fully saturated rings. The highest BCUT2D eigenvalue weighted by atomic mass is 32.3. The topological polar surface area (TPSA) is 68.3 Å². The second kappa shape index (κ2) is 7.24. The van der Waals surface area contributed by atoms with Crippen LogP contribution in [0.2, 0.25) is 11.6 Å². The van der Waals surface area contributed by atoms with Crippen molar-refractivity contribution < 1.29 is 65.1 Å². The first kappa shape index (κ1) is 25.9. The third kappa shape index (κ3) is 3.31. The number of sulfone groups is 2. The van der Waals surface area contributed by atoms with Crippen LogP contribution in [-0.4, -0.2) is 42.0 Å². The molecule has 0 aromatic heterocycles. The van der Waals surface area contributed by atoms with E-state index < -0.39 is 82.4 Å². The van der Waals surface area contributed by atoms with Gasteiger partial charge in [-0.2, -0.15) is 26.3 Å². The van der Waals surface area contributed by atoms with Crippen LogP contribution in [0.3, 0.4) is 0 Å². The molecule has 0 saturated heterocycles. The Bertz CT molecular complexity index is 969. The lowest BCUT2D eigenvalue weighted by Crippen LogP contribution is -2.61. The van der Waals surface area contributed by atoms with E-state index >= 15 is 0 Å². The zero-order valence-electron chi connectivity index (χ0n) is 13.7. The summed E-state index contributed by atoms with van der Waals surface area (Å²) in [7, 11) is -15.5. The van der Waals surface area contributed by atoms with Gasteiger partial charge in [0.2, 0.25) is 5.82 Å². The summed E-state index contributed by atoms with van der Waals surface area (Å²) < 4.78 is 190. The van der Waals surface area contributed by atoms with Gasteiger partial charge >= 0.3 is 25.2 Å². The highest BCUT2D eigenvalue weighted by Gasteiger charge is 2.76. The number of hydrogen-bond donors (Lipinski definition) is 0. The molecule has 0 radical (unpaired) electrons. The standard InChI is InChI=1S/C9F11O4S2.2CH3.Al/c10-2-1(3(11)5(13)6(14)4(2)12)7(25(21,22)8(15,16)17)26(23,24)9(18,19)20;;;/h;2*1H3;. The summed E-state index contributed by atoms with van der Waals surface area (Å²) in [4.78, 5) is 0. The van der Waals surface area contributed by atoms with Gasteiger partial charge in [-0.3, -0.25) is 0 Å². The van der Waals surface area contributed by atoms with Crippen molar-refractivity contribution in [2.45, 2.75) is 25.5 Å². The Labute approximate surface area is 159 Å². The largest absolute Gasteiger partial charge is 0.498 e. The van der Waals surface area contributed by atoms with Crippen molar-refractivity contribution in [2.75, 3.05) is 0 Å². The number of alkyl halides is 6. The van der Waals surface area contributed by atoms with E-state index in [0.29, 0.717) is 0 Å². The average Bonchev–Trinajstić information content (AvgIpc) is 2.51. The third-order valence-corrected chi connectivity index (χ3v) is 14.8. The number of rotatable bonds is 4. The van der Waals surface area contributed by atoms with Crippen molar-refractivity contribution >= 4 is 33.8 Å². The lowest BCUT2D eigenvalue weighted by molar-refractivity contribution is -0.0482. The first-order valence-electron chi connectivity index (χ1n) is 6.76. The Hall–Kier alpha value is -1.12. The highest BCUT2D eigenvalue weighted by molar-refractivity contribution is 8.12. The normalized spacial score (nSPS) is 14.2. The van der Waals surface area contributed by atoms with Crippen LogP contribution in [-0.2, 0) is 22.6 Å². The molecule has 29 heavy (non-hydrogen) atoms. The van der Waals surface area contributed by atoms with Crippen LogP contribution in [0.4, 0.5) is 48.3 Å². The molecule has 1 aromatic carbocycles. The van der Waals surface area contributed by atoms with Gasteiger partial charge in [0.25, 0.3) is 19.7 Å². The van der Waals surface area contributed by atoms with Crippen molar-refractivity contribution in [3.63, 3.8) is 0 Å². The molecule has 0 amide bonds. The lowest BCUT2D eigenvalue weighted by Gasteiger charge is -2.36. The van der Waals surface area contributed by atoms with Crippen molar-refractivity contribution in [2.24, 2.45) is 0 Å². The lowest BCUT2D eigenvalue weighted by atomic mass is 10.2. The molecule has 4 nitrogen and oxygen atoms in total. The molecule has 0 spiro atoms. The molecule has 1 rings (SSSR count). The molecule has 18 heteroatoms. The Morgan fingerprint density at radius 2 is 0.828 bits per heavy atom. The summed E-state index contributed by atoms with van der Waals surface area (Å²) in [6, 6.07) is 0. The minimum absolute atomic E-state index is 0.185. The fourth-order valence-corrected chi connectivity index (χ4v) is 12.5. The average molecular weight is 502 g/mol. The fourth-order valence-electron chi connectivity index (χ4n) is 2.58. The quantitative estimate of drug-likeness (QED) is 0.273. The molecule has 166 valence electrons. The maximum atomic E-state index is 14.1. The van der Waals surface area contributed by atoms with Gasteiger partial charge in [0, 0.05) is 0 Å². The molecule has 0 N–H and O–H groups in total. The minimum Gasteiger partial charge on any atom is -0.219 e. The highest BCUT2D eigenvalue weighted by Crippen LogP contribution is 2.53. The summed E-state index contributed by atoms with van der Waals surface area (Å²) in [6.07, 6.45) is 0. The first-order chi connectivity index (χ1) is 12.6. The molecule has 0 atom stereocenters. The van der Waals surface area contributed by atoms with E-state index in [1.54, 1.807) is 0 Å². The van der Waals surface area contributed by atoms with E-state index in [2.05, 4.69) is 0 Å². The maximum Gasteiger partial charge on any atom is 0.498 e. The van der Waals surface area contributed by atoms with Gasteiger partial charge in [-0.25, -0.2) is 38.8 Å². The number of hydrogen-bond acceptors (Lipinski definition) is 4. The van der Waals surface area contributed by atoms with Gasteiger partial charge in [0.1, 0.15) is 0 Å². The predicted molar refractivity (Wildman–Crippen MR) is 75.3 cm³/mol. The molecule has 0 unspecified atom stereocenters. The molecule has 0 bridgehead atoms. The van der Waals surface area contributed by atoms with Gasteiger partial charge < -0.3 is 0 Å². The Morgan fingerprint density at radius 3 is 1.03 bits per heavy atom. The second-order valence-corrected chi connectivity index (χ2v) is 14.2. The molecule has 0 aliphatic heterocycles. The summed E-state index contributed by atoms with van der Waals surface area (Å²) in [6.45, 7) is 0. The van der Waals surface area contributed by atoms with E-state index in [9.17, 15) is 65.1 Å². The van der Waals surface area contributed by atoms with Gasteiger partial charge in [-0.1, -0.05) is 0 Å². The van der Waals surface area contributed by atoms with Crippen molar-refractivity contribution in [1.29, 1.82) is 0 Å². The number of halogens is 11. The molecule has 0 aliphatic rings. The maximum absolute atomic E-state index is 14.1. The van der Waals surface area contributed by atoms with E-state index in [1.165, 1.54) is 0 Å². The summed E-state index contributed by atoms with van der Waals surface area (Å²) in [5.74, 6) is -15.9. The van der Waals surface area contributed by atoms with Crippen LogP contribution >= 0.6 is 0 Å². The molecule has 0 heterocycles. The molecular weight excluding hydrogens is 496 g/mol. The fraction of sp³-hybridized carbons (Fsp3) is 0.455. The van der Waals surface area contributed by atoms with Crippen molar-refractivity contribution in [1.82, 2.24) is 0 Å². The Morgan fingerprint density at radius 1 is 0.586 bits per heavy atom. The van der Waals surface area contributed by atoms with Crippen LogP contribution in [0.1, 0.15) is 5.56 Å². The zero-order valence-corrected chi connectivity index (χ0v) is 16.5. The smallest absolute Gasteiger partial charge is 0.219 e. The summed E-state index contributed by atoms with van der Waals surface area (Å²) in [5, 5.41) is 0. The Kier molecular flexibility index (Phi) is 6.47. The van der Waals surface area contributed by atoms with E-state index in [-0.39, 0.29) is 11.6 Å². The van der Waals surface area contributed by atoms with Crippen molar-refractivity contribution in [3.05, 3.63) is 34.6 Å². The molecule has 0 aliphatic carbocycles. The van der Waals surface area contributed by atoms with Gasteiger partial charge in [0.05, 0.1) is 5.56 Å². The SMILES string of the molecule is [CH3][Al]([CH3])[C](c1c(F)c(F)c(F)c(F)c1F)(S(=O)(=O)C(F)(F)F)S(=O)(=O)C(F)(F)F. The van der Waals surface area contributed by atoms with E-state index in [0.717, 1.165) is 0 Å². The zero-order chi connectivity index (χ0) is 23.5. The monoisotopic (exact) mass is 502 g/mol. The first-order valence-corrected chi connectivity index (χ1v) is 12.6. The molecular formula is C11H6AlF11O4S2. The van der Waals surface area contributed by atoms with Crippen LogP contribution in [0, 0.1) is 29.1 Å². The number of benzene rings is 1. The van der Waals surface area contributed by atoms with Crippen LogP contribution < -0.4 is 0 Å². The van der Waals surface area contributed by atoms with Crippen LogP contribution in [0.15, 0.2) is 0 Å². The van der Waals surface area contributed by atoms with Crippen molar-refractivity contribution in [3.8, 4) is 0 Å². The second-order valence-electron chi connectivity index (χ2n) is 5.67. The third-order valence-electron chi connectivity index (χ3n) is 3.73. The van der Waals surface area contributed by atoms with E-state index in [4.69, 9.17) is 0 Å². The summed E-state index contributed by atoms with van der Waals surface area (Å²) in [5.41, 5.74) is -17.0. The minimum atomic E-state index is -7.77. The van der Waals surface area contributed by atoms with Gasteiger partial charge in [-0.05, 0) is 0 Å². The van der Waals surface area contributed by atoms with Crippen LogP contribution in [0.5, 0.6) is 0 Å². The predicted octanol–water partition coefficient (Wildman–Crippen LogP) is 3.70. The van der Waals surface area contributed by atoms with Gasteiger partial charge in [-0.15, -0.1) is 11.6 Å².